The summed E-state index contributed by atoms with van der Waals surface area (Å²) in [5.74, 6) is 0.588. The lowest BCUT2D eigenvalue weighted by atomic mass is 10.1. The highest BCUT2D eigenvalue weighted by Crippen LogP contribution is 2.33. The minimum atomic E-state index is -3.96. The number of sulfone groups is 1. The van der Waals surface area contributed by atoms with E-state index in [1.807, 2.05) is 6.92 Å². The maximum atomic E-state index is 13.5. The highest BCUT2D eigenvalue weighted by molar-refractivity contribution is 7.91. The van der Waals surface area contributed by atoms with Crippen LogP contribution in [0.15, 0.2) is 82.7 Å². The van der Waals surface area contributed by atoms with Gasteiger partial charge in [-0.1, -0.05) is 28.9 Å². The molecule has 9 heteroatoms. The third-order valence-electron chi connectivity index (χ3n) is 4.59. The molecule has 0 aliphatic carbocycles. The molecule has 0 atom stereocenters. The minimum absolute atomic E-state index is 0.0931. The van der Waals surface area contributed by atoms with E-state index in [-0.39, 0.29) is 9.92 Å². The monoisotopic (exact) mass is 454 g/mol. The van der Waals surface area contributed by atoms with Gasteiger partial charge >= 0.3 is 0 Å². The van der Waals surface area contributed by atoms with E-state index >= 15 is 0 Å². The van der Waals surface area contributed by atoms with Crippen LogP contribution in [0.1, 0.15) is 6.92 Å². The van der Waals surface area contributed by atoms with Gasteiger partial charge in [-0.05, 0) is 67.6 Å². The van der Waals surface area contributed by atoms with Crippen molar-refractivity contribution in [1.29, 1.82) is 0 Å². The lowest BCUT2D eigenvalue weighted by Crippen LogP contribution is -2.06. The van der Waals surface area contributed by atoms with Crippen LogP contribution >= 0.6 is 11.6 Å². The molecule has 0 aliphatic heterocycles. The fraction of sp³-hybridized carbons (Fsp3) is 0.0909. The number of nitrogens with zero attached hydrogens (tertiary/aromatic N) is 3. The number of hydrogen-bond acceptors (Lipinski definition) is 6. The lowest BCUT2D eigenvalue weighted by molar-refractivity contribution is 0.340. The van der Waals surface area contributed by atoms with Gasteiger partial charge in [-0.3, -0.25) is 0 Å². The molecule has 0 saturated heterocycles. The van der Waals surface area contributed by atoms with E-state index in [1.54, 1.807) is 60.7 Å². The van der Waals surface area contributed by atoms with Crippen LogP contribution < -0.4 is 10.5 Å². The van der Waals surface area contributed by atoms with Crippen molar-refractivity contribution in [3.05, 3.63) is 77.8 Å². The molecule has 4 aromatic rings. The normalized spacial score (nSPS) is 11.4. The van der Waals surface area contributed by atoms with Crippen LogP contribution in [0.2, 0.25) is 5.02 Å². The largest absolute Gasteiger partial charge is 0.494 e. The van der Waals surface area contributed by atoms with Gasteiger partial charge in [-0.2, -0.15) is 0 Å². The molecular formula is C22H19ClN4O3S. The Hall–Kier alpha value is -3.36. The molecule has 4 rings (SSSR count). The van der Waals surface area contributed by atoms with Gasteiger partial charge in [0.1, 0.15) is 11.4 Å². The number of nitrogens with two attached hydrogens (primary N) is 1. The summed E-state index contributed by atoms with van der Waals surface area (Å²) in [5.41, 5.74) is 7.93. The quantitative estimate of drug-likeness (QED) is 0.433. The molecule has 2 N–H and O–H groups in total. The van der Waals surface area contributed by atoms with Crippen molar-refractivity contribution >= 4 is 27.1 Å². The molecule has 0 aliphatic rings. The maximum Gasteiger partial charge on any atom is 0.227 e. The number of halogens is 1. The molecule has 0 saturated carbocycles. The number of benzene rings is 3. The first-order chi connectivity index (χ1) is 14.9. The topological polar surface area (TPSA) is 100 Å². The molecule has 158 valence electrons. The lowest BCUT2D eigenvalue weighted by Gasteiger charge is -2.10. The van der Waals surface area contributed by atoms with Crippen molar-refractivity contribution in [3.63, 3.8) is 0 Å². The third kappa shape index (κ3) is 4.12. The van der Waals surface area contributed by atoms with Gasteiger partial charge in [-0.15, -0.1) is 5.10 Å². The highest BCUT2D eigenvalue weighted by atomic mass is 35.5. The molecular weight excluding hydrogens is 436 g/mol. The molecule has 0 radical (unpaired) electrons. The standard InChI is InChI=1S/C22H19ClN4O3S/c1-2-30-19-11-13-20(14-12-19)31(28,29)22-21(15-3-5-16(23)6-4-15)27(26-25-22)18-9-7-17(24)8-10-18/h3-14H,2,24H2,1H3. The fourth-order valence-electron chi connectivity index (χ4n) is 3.09. The number of nitrogen functional groups attached to an aromatic ring is 1. The predicted molar refractivity (Wildman–Crippen MR) is 119 cm³/mol. The van der Waals surface area contributed by atoms with Crippen molar-refractivity contribution in [3.8, 4) is 22.7 Å². The van der Waals surface area contributed by atoms with Crippen LogP contribution in [0.5, 0.6) is 5.75 Å². The van der Waals surface area contributed by atoms with E-state index in [2.05, 4.69) is 10.3 Å². The van der Waals surface area contributed by atoms with Crippen molar-refractivity contribution in [2.45, 2.75) is 16.8 Å². The van der Waals surface area contributed by atoms with E-state index in [0.717, 1.165) is 0 Å². The SMILES string of the molecule is CCOc1ccc(S(=O)(=O)c2nnn(-c3ccc(N)cc3)c2-c2ccc(Cl)cc2)cc1. The van der Waals surface area contributed by atoms with E-state index in [1.165, 1.54) is 16.8 Å². The highest BCUT2D eigenvalue weighted by Gasteiger charge is 2.29. The number of hydrogen-bond donors (Lipinski definition) is 1. The maximum absolute atomic E-state index is 13.5. The number of rotatable bonds is 6. The second-order valence-corrected chi connectivity index (χ2v) is 8.96. The van der Waals surface area contributed by atoms with Gasteiger partial charge in [0.25, 0.3) is 0 Å². The van der Waals surface area contributed by atoms with Crippen molar-refractivity contribution in [1.82, 2.24) is 15.0 Å². The molecule has 3 aromatic carbocycles. The zero-order chi connectivity index (χ0) is 22.0. The van der Waals surface area contributed by atoms with Crippen LogP contribution in [0.4, 0.5) is 5.69 Å². The summed E-state index contributed by atoms with van der Waals surface area (Å²) in [5, 5.41) is 8.57. The van der Waals surface area contributed by atoms with Gasteiger partial charge in [0.2, 0.25) is 14.9 Å². The van der Waals surface area contributed by atoms with E-state index in [9.17, 15) is 8.42 Å². The van der Waals surface area contributed by atoms with Gasteiger partial charge in [0.15, 0.2) is 0 Å². The van der Waals surface area contributed by atoms with E-state index < -0.39 is 9.84 Å². The molecule has 0 unspecified atom stereocenters. The molecule has 0 spiro atoms. The molecule has 1 aromatic heterocycles. The van der Waals surface area contributed by atoms with E-state index in [0.29, 0.717) is 40.0 Å². The molecule has 0 bridgehead atoms. The number of aromatic nitrogens is 3. The van der Waals surface area contributed by atoms with Crippen LogP contribution in [0.3, 0.4) is 0 Å². The zero-order valence-electron chi connectivity index (χ0n) is 16.6. The molecule has 0 fully saturated rings. The van der Waals surface area contributed by atoms with Crippen LogP contribution in [0.25, 0.3) is 16.9 Å². The third-order valence-corrected chi connectivity index (χ3v) is 6.52. The summed E-state index contributed by atoms with van der Waals surface area (Å²) in [6, 6.07) is 20.0. The van der Waals surface area contributed by atoms with E-state index in [4.69, 9.17) is 22.1 Å². The summed E-state index contributed by atoms with van der Waals surface area (Å²) in [7, 11) is -3.96. The van der Waals surface area contributed by atoms with Crippen molar-refractivity contribution in [2.24, 2.45) is 0 Å². The molecule has 7 nitrogen and oxygen atoms in total. The molecule has 1 heterocycles. The minimum Gasteiger partial charge on any atom is -0.494 e. The van der Waals surface area contributed by atoms with Gasteiger partial charge in [-0.25, -0.2) is 13.1 Å². The average Bonchev–Trinajstić information content (AvgIpc) is 3.21. The zero-order valence-corrected chi connectivity index (χ0v) is 18.1. The summed E-state index contributed by atoms with van der Waals surface area (Å²) in [4.78, 5) is 0.0931. The van der Waals surface area contributed by atoms with Crippen LogP contribution in [-0.4, -0.2) is 30.0 Å². The van der Waals surface area contributed by atoms with Gasteiger partial charge < -0.3 is 10.5 Å². The fourth-order valence-corrected chi connectivity index (χ4v) is 4.54. The smallest absolute Gasteiger partial charge is 0.227 e. The molecule has 31 heavy (non-hydrogen) atoms. The average molecular weight is 455 g/mol. The van der Waals surface area contributed by atoms with Crippen molar-refractivity contribution in [2.75, 3.05) is 12.3 Å². The van der Waals surface area contributed by atoms with Crippen LogP contribution in [0, 0.1) is 0 Å². The summed E-state index contributed by atoms with van der Waals surface area (Å²) >= 11 is 6.03. The second-order valence-electron chi connectivity index (χ2n) is 6.66. The summed E-state index contributed by atoms with van der Waals surface area (Å²) in [6.45, 7) is 2.35. The Bertz CT molecular complexity index is 1300. The predicted octanol–water partition coefficient (Wildman–Crippen LogP) is 4.40. The number of anilines is 1. The number of ether oxygens (including phenoxy) is 1. The Morgan fingerprint density at radius 1 is 0.968 bits per heavy atom. The van der Waals surface area contributed by atoms with Gasteiger partial charge in [0, 0.05) is 16.3 Å². The first kappa shape index (κ1) is 20.9. The Balaban J connectivity index is 1.89. The Labute approximate surface area is 185 Å². The first-order valence-electron chi connectivity index (χ1n) is 9.45. The van der Waals surface area contributed by atoms with Crippen LogP contribution in [-0.2, 0) is 9.84 Å². The molecule has 0 amide bonds. The first-order valence-corrected chi connectivity index (χ1v) is 11.3. The Morgan fingerprint density at radius 2 is 1.61 bits per heavy atom. The Kier molecular flexibility index (Phi) is 5.67. The summed E-state index contributed by atoms with van der Waals surface area (Å²) < 4.78 is 33.8. The summed E-state index contributed by atoms with van der Waals surface area (Å²) in [6.07, 6.45) is 0. The van der Waals surface area contributed by atoms with Crippen molar-refractivity contribution < 1.29 is 13.2 Å². The van der Waals surface area contributed by atoms with Gasteiger partial charge in [0.05, 0.1) is 17.2 Å². The second kappa shape index (κ2) is 8.41. The Morgan fingerprint density at radius 3 is 2.23 bits per heavy atom.